The van der Waals surface area contributed by atoms with Gasteiger partial charge in [0.15, 0.2) is 0 Å². The van der Waals surface area contributed by atoms with Crippen molar-refractivity contribution in [1.82, 2.24) is 4.57 Å². The second-order valence-electron chi connectivity index (χ2n) is 3.85. The summed E-state index contributed by atoms with van der Waals surface area (Å²) >= 11 is 30.0. The van der Waals surface area contributed by atoms with E-state index in [0.717, 1.165) is 4.57 Å². The Hall–Kier alpha value is -0.780. The molecule has 0 unspecified atom stereocenters. The molecule has 0 radical (unpaired) electrons. The summed E-state index contributed by atoms with van der Waals surface area (Å²) in [5.74, 6) is -1.04. The molecule has 0 fully saturated rings. The van der Waals surface area contributed by atoms with Gasteiger partial charge in [-0.3, -0.25) is 4.57 Å². The van der Waals surface area contributed by atoms with Gasteiger partial charge < -0.3 is 9.84 Å². The number of ether oxygens (including phenoxy) is 1. The van der Waals surface area contributed by atoms with Crippen molar-refractivity contribution in [1.29, 1.82) is 0 Å². The van der Waals surface area contributed by atoms with E-state index in [9.17, 15) is 9.90 Å². The number of halogens is 5. The second kappa shape index (κ2) is 6.15. The van der Waals surface area contributed by atoms with E-state index in [2.05, 4.69) is 0 Å². The minimum atomic E-state index is -1.24. The quantitative estimate of drug-likeness (QED) is 0.710. The van der Waals surface area contributed by atoms with E-state index in [4.69, 9.17) is 62.7 Å². The molecule has 2 aromatic rings. The number of carboxylic acids is 1. The molecule has 0 aliphatic rings. The number of benzene rings is 1. The van der Waals surface area contributed by atoms with Crippen molar-refractivity contribution in [2.45, 2.75) is 0 Å². The number of rotatable bonds is 3. The number of hydrogen-bond donors (Lipinski definition) is 1. The minimum Gasteiger partial charge on any atom is -0.494 e. The van der Waals surface area contributed by atoms with Crippen LogP contribution in [0.5, 0.6) is 5.75 Å². The number of aromatic nitrogens is 1. The molecule has 1 N–H and O–H groups in total. The zero-order valence-electron chi connectivity index (χ0n) is 10.3. The fourth-order valence-electron chi connectivity index (χ4n) is 1.76. The predicted molar refractivity (Wildman–Crippen MR) is 84.3 cm³/mol. The molecule has 0 aliphatic heterocycles. The van der Waals surface area contributed by atoms with E-state index in [-0.39, 0.29) is 42.4 Å². The number of aromatic carboxylic acids is 1. The van der Waals surface area contributed by atoms with Gasteiger partial charge in [0.1, 0.15) is 22.3 Å². The van der Waals surface area contributed by atoms with Crippen LogP contribution in [-0.2, 0) is 0 Å². The molecule has 0 amide bonds. The summed E-state index contributed by atoms with van der Waals surface area (Å²) in [5.41, 5.74) is -0.0496. The van der Waals surface area contributed by atoms with Crippen LogP contribution in [0.15, 0.2) is 12.1 Å². The van der Waals surface area contributed by atoms with Crippen LogP contribution in [0, 0.1) is 0 Å². The Morgan fingerprint density at radius 2 is 1.71 bits per heavy atom. The number of nitrogens with zero attached hydrogens (tertiary/aromatic N) is 1. The summed E-state index contributed by atoms with van der Waals surface area (Å²) in [6.07, 6.45) is 0. The van der Waals surface area contributed by atoms with Gasteiger partial charge in [0.25, 0.3) is 0 Å². The Morgan fingerprint density at radius 1 is 1.10 bits per heavy atom. The van der Waals surface area contributed by atoms with Crippen molar-refractivity contribution in [3.8, 4) is 11.4 Å². The topological polar surface area (TPSA) is 51.5 Å². The first-order chi connectivity index (χ1) is 9.79. The molecule has 0 atom stereocenters. The van der Waals surface area contributed by atoms with Gasteiger partial charge in [0, 0.05) is 6.07 Å². The molecule has 0 saturated heterocycles. The molecule has 4 nitrogen and oxygen atoms in total. The molecule has 0 saturated carbocycles. The van der Waals surface area contributed by atoms with Crippen molar-refractivity contribution < 1.29 is 14.6 Å². The number of hydrogen-bond acceptors (Lipinski definition) is 2. The van der Waals surface area contributed by atoms with Gasteiger partial charge in [-0.05, 0) is 6.07 Å². The highest BCUT2D eigenvalue weighted by Gasteiger charge is 2.25. The van der Waals surface area contributed by atoms with Gasteiger partial charge >= 0.3 is 5.97 Å². The van der Waals surface area contributed by atoms with Crippen LogP contribution < -0.4 is 4.74 Å². The van der Waals surface area contributed by atoms with Gasteiger partial charge in [-0.25, -0.2) is 4.79 Å². The highest BCUT2D eigenvalue weighted by atomic mass is 35.5. The Bertz CT molecular complexity index is 741. The standard InChI is InChI=1S/C12H6Cl5NO3/c1-21-7-3-4(13)8(15)9(16)10(7)18-6(12(19)20)2-5(14)11(18)17/h2-3H,1H3,(H,19,20). The van der Waals surface area contributed by atoms with Crippen LogP contribution >= 0.6 is 58.0 Å². The van der Waals surface area contributed by atoms with E-state index >= 15 is 0 Å². The molecule has 9 heteroatoms. The first kappa shape index (κ1) is 16.6. The van der Waals surface area contributed by atoms with Crippen molar-refractivity contribution in [2.75, 3.05) is 7.11 Å². The fraction of sp³-hybridized carbons (Fsp3) is 0.0833. The minimum absolute atomic E-state index is 0.00215. The van der Waals surface area contributed by atoms with Crippen LogP contribution in [0.3, 0.4) is 0 Å². The third-order valence-corrected chi connectivity index (χ3v) is 4.67. The molecule has 0 aliphatic carbocycles. The maximum absolute atomic E-state index is 11.3. The molecule has 0 bridgehead atoms. The molecule has 2 rings (SSSR count). The summed E-state index contributed by atoms with van der Waals surface area (Å²) in [5, 5.41) is 9.49. The van der Waals surface area contributed by atoms with Crippen LogP contribution in [0.25, 0.3) is 5.69 Å². The van der Waals surface area contributed by atoms with Crippen molar-refractivity contribution >= 4 is 64.0 Å². The fourth-order valence-corrected chi connectivity index (χ4v) is 2.84. The van der Waals surface area contributed by atoms with Gasteiger partial charge in [-0.1, -0.05) is 58.0 Å². The van der Waals surface area contributed by atoms with E-state index in [1.807, 2.05) is 0 Å². The molecule has 1 aromatic heterocycles. The first-order valence-corrected chi connectivity index (χ1v) is 7.20. The lowest BCUT2D eigenvalue weighted by molar-refractivity contribution is 0.0688. The van der Waals surface area contributed by atoms with E-state index in [1.165, 1.54) is 19.2 Å². The zero-order chi connectivity index (χ0) is 15.9. The van der Waals surface area contributed by atoms with Crippen LogP contribution in [0.1, 0.15) is 10.5 Å². The second-order valence-corrected chi connectivity index (χ2v) is 5.77. The Labute approximate surface area is 144 Å². The molecular weight excluding hydrogens is 383 g/mol. The Morgan fingerprint density at radius 3 is 2.24 bits per heavy atom. The molecule has 0 spiro atoms. The average molecular weight is 389 g/mol. The number of carboxylic acid groups (broad SMARTS) is 1. The van der Waals surface area contributed by atoms with Crippen molar-refractivity contribution in [3.63, 3.8) is 0 Å². The zero-order valence-corrected chi connectivity index (χ0v) is 14.0. The molecule has 112 valence electrons. The smallest absolute Gasteiger partial charge is 0.352 e. The molecular formula is C12H6Cl5NO3. The monoisotopic (exact) mass is 387 g/mol. The lowest BCUT2D eigenvalue weighted by Crippen LogP contribution is -2.08. The summed E-state index contributed by atoms with van der Waals surface area (Å²) in [4.78, 5) is 11.3. The summed E-state index contributed by atoms with van der Waals surface area (Å²) < 4.78 is 6.31. The van der Waals surface area contributed by atoms with Gasteiger partial charge in [0.05, 0.1) is 27.2 Å². The van der Waals surface area contributed by atoms with Gasteiger partial charge in [-0.2, -0.15) is 0 Å². The highest BCUT2D eigenvalue weighted by Crippen LogP contribution is 2.44. The largest absolute Gasteiger partial charge is 0.494 e. The van der Waals surface area contributed by atoms with Gasteiger partial charge in [0.2, 0.25) is 0 Å². The third kappa shape index (κ3) is 2.79. The van der Waals surface area contributed by atoms with Crippen LogP contribution in [-0.4, -0.2) is 22.8 Å². The van der Waals surface area contributed by atoms with E-state index in [0.29, 0.717) is 0 Å². The summed E-state index contributed by atoms with van der Waals surface area (Å²) in [7, 11) is 1.37. The average Bonchev–Trinajstić information content (AvgIpc) is 2.72. The van der Waals surface area contributed by atoms with Crippen LogP contribution in [0.4, 0.5) is 0 Å². The molecule has 21 heavy (non-hydrogen) atoms. The Balaban J connectivity index is 2.91. The molecule has 1 heterocycles. The third-order valence-electron chi connectivity index (χ3n) is 2.66. The van der Waals surface area contributed by atoms with Crippen molar-refractivity contribution in [2.24, 2.45) is 0 Å². The lowest BCUT2D eigenvalue weighted by atomic mass is 10.2. The maximum Gasteiger partial charge on any atom is 0.352 e. The number of carbonyl (C=O) groups is 1. The summed E-state index contributed by atoms with van der Waals surface area (Å²) in [6, 6.07) is 2.60. The van der Waals surface area contributed by atoms with Crippen LogP contribution in [0.2, 0.25) is 25.2 Å². The SMILES string of the molecule is COc1cc(Cl)c(Cl)c(Cl)c1-n1c(C(=O)O)cc(Cl)c1Cl. The summed E-state index contributed by atoms with van der Waals surface area (Å²) in [6.45, 7) is 0. The predicted octanol–water partition coefficient (Wildman–Crippen LogP) is 5.45. The lowest BCUT2D eigenvalue weighted by Gasteiger charge is -2.16. The first-order valence-electron chi connectivity index (χ1n) is 5.31. The van der Waals surface area contributed by atoms with E-state index in [1.54, 1.807) is 0 Å². The highest BCUT2D eigenvalue weighted by molar-refractivity contribution is 6.49. The normalized spacial score (nSPS) is 10.8. The van der Waals surface area contributed by atoms with E-state index < -0.39 is 5.97 Å². The number of methoxy groups -OCH3 is 1. The Kier molecular flexibility index (Phi) is 4.85. The van der Waals surface area contributed by atoms with Gasteiger partial charge in [-0.15, -0.1) is 0 Å². The molecule has 1 aromatic carbocycles. The van der Waals surface area contributed by atoms with Crippen molar-refractivity contribution in [3.05, 3.63) is 43.1 Å². The maximum atomic E-state index is 11.3.